The maximum absolute atomic E-state index is 5.76. The van der Waals surface area contributed by atoms with Crippen molar-refractivity contribution in [2.45, 2.75) is 13.1 Å². The van der Waals surface area contributed by atoms with Crippen molar-refractivity contribution in [3.05, 3.63) is 132 Å². The first-order valence-corrected chi connectivity index (χ1v) is 18.6. The number of hydrogen-bond donors (Lipinski definition) is 0. The Balaban J connectivity index is 0.000000209. The molecule has 4 aromatic rings. The van der Waals surface area contributed by atoms with Gasteiger partial charge in [0.25, 0.3) is 0 Å². The van der Waals surface area contributed by atoms with Crippen LogP contribution in [0.2, 0.25) is 0 Å². The Morgan fingerprint density at radius 2 is 0.800 bits per heavy atom. The number of para-hydroxylation sites is 2. The Hall–Kier alpha value is -3.38. The molecule has 0 spiro atoms. The number of quaternary nitrogens is 2. The Morgan fingerprint density at radius 3 is 1.08 bits per heavy atom. The van der Waals surface area contributed by atoms with E-state index in [2.05, 4.69) is 88.9 Å². The van der Waals surface area contributed by atoms with E-state index in [9.17, 15) is 0 Å². The monoisotopic (exact) mass is 748 g/mol. The SMILES string of the molecule is C[N+](C)(CCOc1ccccc1)Cc1ccccc1.C[N+](C)(CCOc1ccccc1)Cc1ccccc1.S=C([S-])N1CCN(C(=S)[S-])CC1. The van der Waals surface area contributed by atoms with E-state index >= 15 is 0 Å². The van der Waals surface area contributed by atoms with Gasteiger partial charge in [0, 0.05) is 37.3 Å². The number of piperazine rings is 1. The van der Waals surface area contributed by atoms with Crippen LogP contribution in [-0.2, 0) is 38.3 Å². The van der Waals surface area contributed by atoms with E-state index in [1.165, 1.54) is 11.1 Å². The molecule has 0 bridgehead atoms. The number of hydrogen-bond acceptors (Lipinski definition) is 6. The van der Waals surface area contributed by atoms with Crippen LogP contribution in [0.4, 0.5) is 0 Å². The Morgan fingerprint density at radius 1 is 0.520 bits per heavy atom. The van der Waals surface area contributed by atoms with Crippen molar-refractivity contribution in [2.24, 2.45) is 0 Å². The lowest BCUT2D eigenvalue weighted by molar-refractivity contribution is -0.903. The number of rotatable bonds is 12. The molecule has 0 N–H and O–H groups in total. The highest BCUT2D eigenvalue weighted by molar-refractivity contribution is 8.00. The normalized spacial score (nSPS) is 12.8. The van der Waals surface area contributed by atoms with Gasteiger partial charge in [0.05, 0.1) is 28.2 Å². The lowest BCUT2D eigenvalue weighted by Crippen LogP contribution is -2.48. The van der Waals surface area contributed by atoms with Crippen molar-refractivity contribution in [2.75, 3.05) is 80.7 Å². The summed E-state index contributed by atoms with van der Waals surface area (Å²) in [5, 5.41) is 0. The van der Waals surface area contributed by atoms with Gasteiger partial charge in [0.15, 0.2) is 0 Å². The summed E-state index contributed by atoms with van der Waals surface area (Å²) in [5.41, 5.74) is 2.74. The van der Waals surface area contributed by atoms with Gasteiger partial charge in [-0.3, -0.25) is 0 Å². The third-order valence-electron chi connectivity index (χ3n) is 8.12. The van der Waals surface area contributed by atoms with E-state index in [1.54, 1.807) is 0 Å². The number of benzene rings is 4. The molecule has 6 nitrogen and oxygen atoms in total. The van der Waals surface area contributed by atoms with E-state index in [-0.39, 0.29) is 0 Å². The summed E-state index contributed by atoms with van der Waals surface area (Å²) in [6.07, 6.45) is 0. The predicted octanol–water partition coefficient (Wildman–Crippen LogP) is 6.95. The second kappa shape index (κ2) is 21.8. The topological polar surface area (TPSA) is 24.9 Å². The van der Waals surface area contributed by atoms with Crippen molar-refractivity contribution in [3.8, 4) is 11.5 Å². The van der Waals surface area contributed by atoms with E-state index in [0.717, 1.165) is 86.0 Å². The molecule has 4 aromatic carbocycles. The zero-order valence-electron chi connectivity index (χ0n) is 29.9. The van der Waals surface area contributed by atoms with Crippen LogP contribution in [0.5, 0.6) is 11.5 Å². The summed E-state index contributed by atoms with van der Waals surface area (Å²) in [6.45, 7) is 8.90. The Labute approximate surface area is 322 Å². The van der Waals surface area contributed by atoms with Crippen LogP contribution >= 0.6 is 24.4 Å². The largest absolute Gasteiger partial charge is 0.488 e. The second-order valence-electron chi connectivity index (χ2n) is 13.4. The zero-order valence-corrected chi connectivity index (χ0v) is 33.1. The van der Waals surface area contributed by atoms with Crippen molar-refractivity contribution >= 4 is 58.3 Å². The summed E-state index contributed by atoms with van der Waals surface area (Å²) >= 11 is 19.5. The van der Waals surface area contributed by atoms with E-state index in [1.807, 2.05) is 70.5 Å². The summed E-state index contributed by atoms with van der Waals surface area (Å²) in [6, 6.07) is 41.2. The average molecular weight is 749 g/mol. The first-order valence-electron chi connectivity index (χ1n) is 16.9. The van der Waals surface area contributed by atoms with Crippen LogP contribution in [-0.4, -0.2) is 108 Å². The molecule has 0 aromatic heterocycles. The summed E-state index contributed by atoms with van der Waals surface area (Å²) in [4.78, 5) is 3.99. The van der Waals surface area contributed by atoms with Gasteiger partial charge in [-0.1, -0.05) is 106 Å². The predicted molar refractivity (Wildman–Crippen MR) is 221 cm³/mol. The Kier molecular flexibility index (Phi) is 17.9. The number of likely N-dealkylation sites (N-methyl/N-ethyl adjacent to an activating group) is 2. The molecule has 1 fully saturated rings. The molecule has 0 atom stereocenters. The van der Waals surface area contributed by atoms with Crippen LogP contribution in [0.25, 0.3) is 0 Å². The fraction of sp³-hybridized carbons (Fsp3) is 0.350. The molecule has 10 heteroatoms. The number of ether oxygens (including phenoxy) is 2. The van der Waals surface area contributed by atoms with Gasteiger partial charge in [-0.25, -0.2) is 0 Å². The van der Waals surface area contributed by atoms with Gasteiger partial charge in [0.2, 0.25) is 0 Å². The molecular formula is C40H52N4O2S4. The van der Waals surface area contributed by atoms with Gasteiger partial charge in [0.1, 0.15) is 50.9 Å². The highest BCUT2D eigenvalue weighted by Gasteiger charge is 2.17. The molecule has 0 saturated carbocycles. The van der Waals surface area contributed by atoms with Crippen molar-refractivity contribution in [3.63, 3.8) is 0 Å². The van der Waals surface area contributed by atoms with Crippen molar-refractivity contribution in [1.82, 2.24) is 9.80 Å². The van der Waals surface area contributed by atoms with Gasteiger partial charge in [-0.05, 0) is 24.3 Å². The minimum absolute atomic E-state index is 0.546. The van der Waals surface area contributed by atoms with E-state index in [0.29, 0.717) is 8.64 Å². The van der Waals surface area contributed by atoms with Gasteiger partial charge >= 0.3 is 0 Å². The second-order valence-corrected chi connectivity index (χ2v) is 15.5. The maximum atomic E-state index is 5.76. The number of nitrogens with zero attached hydrogens (tertiary/aromatic N) is 4. The average Bonchev–Trinajstić information content (AvgIpc) is 3.10. The minimum Gasteiger partial charge on any atom is -0.488 e. The van der Waals surface area contributed by atoms with Gasteiger partial charge in [-0.15, -0.1) is 0 Å². The van der Waals surface area contributed by atoms with Crippen LogP contribution in [0.1, 0.15) is 11.1 Å². The van der Waals surface area contributed by atoms with Crippen LogP contribution in [0.3, 0.4) is 0 Å². The molecule has 0 unspecified atom stereocenters. The quantitative estimate of drug-likeness (QED) is 0.0873. The molecule has 0 amide bonds. The highest BCUT2D eigenvalue weighted by atomic mass is 32.1. The molecule has 1 aliphatic rings. The first-order chi connectivity index (χ1) is 23.9. The molecule has 50 heavy (non-hydrogen) atoms. The van der Waals surface area contributed by atoms with E-state index < -0.39 is 0 Å². The third kappa shape index (κ3) is 17.0. The Bertz CT molecular complexity index is 1400. The van der Waals surface area contributed by atoms with Crippen molar-refractivity contribution in [1.29, 1.82) is 0 Å². The van der Waals surface area contributed by atoms with Gasteiger partial charge in [-0.2, -0.15) is 0 Å². The fourth-order valence-electron chi connectivity index (χ4n) is 5.24. The summed E-state index contributed by atoms with van der Waals surface area (Å²) in [7, 11) is 8.95. The smallest absolute Gasteiger partial charge is 0.137 e. The fourth-order valence-corrected chi connectivity index (χ4v) is 5.97. The molecule has 1 saturated heterocycles. The van der Waals surface area contributed by atoms with Crippen LogP contribution in [0.15, 0.2) is 121 Å². The first kappa shape index (κ1) is 41.0. The van der Waals surface area contributed by atoms with Crippen molar-refractivity contribution < 1.29 is 18.4 Å². The minimum atomic E-state index is 0.546. The maximum Gasteiger partial charge on any atom is 0.137 e. The summed E-state index contributed by atoms with van der Waals surface area (Å²) in [5.74, 6) is 1.89. The lowest BCUT2D eigenvalue weighted by atomic mass is 10.2. The lowest BCUT2D eigenvalue weighted by Gasteiger charge is -2.40. The summed E-state index contributed by atoms with van der Waals surface area (Å²) < 4.78 is 14.5. The molecule has 0 aliphatic carbocycles. The molecular weight excluding hydrogens is 697 g/mol. The molecule has 1 heterocycles. The third-order valence-corrected chi connectivity index (χ3v) is 9.15. The van der Waals surface area contributed by atoms with E-state index in [4.69, 9.17) is 59.2 Å². The molecule has 5 rings (SSSR count). The zero-order chi connectivity index (χ0) is 36.2. The number of thiocarbonyl (C=S) groups is 2. The molecule has 0 radical (unpaired) electrons. The molecule has 268 valence electrons. The van der Waals surface area contributed by atoms with Crippen LogP contribution in [0, 0.1) is 0 Å². The van der Waals surface area contributed by atoms with Crippen LogP contribution < -0.4 is 9.47 Å². The molecule has 1 aliphatic heterocycles. The standard InChI is InChI=1S/2C17H22NO.C6H10N2S4/c2*1-18(2,15-16-9-5-3-6-10-16)13-14-19-17-11-7-4-8-12-17;9-5(10)7-1-2-8(4-3-7)6(11)12/h2*3-12H,13-15H2,1-2H3;1-4H2,(H,9,10)(H,11,12)/q2*+1;/p-2. The highest BCUT2D eigenvalue weighted by Crippen LogP contribution is 2.13. The van der Waals surface area contributed by atoms with Gasteiger partial charge < -0.3 is 77.9 Å².